The fourth-order valence-corrected chi connectivity index (χ4v) is 3.45. The minimum absolute atomic E-state index is 0.0596. The molecule has 136 valence electrons. The number of aliphatic hydroxyl groups excluding tert-OH is 2. The summed E-state index contributed by atoms with van der Waals surface area (Å²) in [4.78, 5) is 14.5. The smallest absolute Gasteiger partial charge is 0.255 e. The number of piperidine rings is 1. The minimum atomic E-state index is -0.699. The number of carbonyl (C=O) groups is 1. The second kappa shape index (κ2) is 6.54. The summed E-state index contributed by atoms with van der Waals surface area (Å²) < 4.78 is 3.75. The molecule has 8 nitrogen and oxygen atoms in total. The van der Waals surface area contributed by atoms with Crippen molar-refractivity contribution >= 4 is 11.6 Å². The van der Waals surface area contributed by atoms with Crippen molar-refractivity contribution in [2.75, 3.05) is 19.7 Å². The van der Waals surface area contributed by atoms with E-state index in [2.05, 4.69) is 10.2 Å². The molecule has 0 spiro atoms. The molecule has 4 heterocycles. The molecule has 0 aliphatic carbocycles. The van der Waals surface area contributed by atoms with Crippen LogP contribution >= 0.6 is 0 Å². The molecule has 3 aromatic rings. The predicted molar refractivity (Wildman–Crippen MR) is 94.5 cm³/mol. The number of aryl methyl sites for hydroxylation is 1. The van der Waals surface area contributed by atoms with Gasteiger partial charge in [0.2, 0.25) is 0 Å². The topological polar surface area (TPSA) is 95.9 Å². The van der Waals surface area contributed by atoms with Crippen LogP contribution in [0.15, 0.2) is 36.7 Å². The van der Waals surface area contributed by atoms with Gasteiger partial charge in [-0.1, -0.05) is 0 Å². The Hall–Kier alpha value is -2.71. The fourth-order valence-electron chi connectivity index (χ4n) is 3.45. The highest BCUT2D eigenvalue weighted by Gasteiger charge is 2.30. The summed E-state index contributed by atoms with van der Waals surface area (Å²) in [6.45, 7) is 0.691. The largest absolute Gasteiger partial charge is 0.396 e. The molecule has 26 heavy (non-hydrogen) atoms. The van der Waals surface area contributed by atoms with E-state index >= 15 is 0 Å². The van der Waals surface area contributed by atoms with Crippen LogP contribution in [0.2, 0.25) is 0 Å². The van der Waals surface area contributed by atoms with Crippen molar-refractivity contribution in [3.8, 4) is 11.5 Å². The van der Waals surface area contributed by atoms with Crippen molar-refractivity contribution < 1.29 is 15.0 Å². The van der Waals surface area contributed by atoms with E-state index in [1.54, 1.807) is 27.6 Å². The molecule has 2 N–H and O–H groups in total. The van der Waals surface area contributed by atoms with Gasteiger partial charge < -0.3 is 19.7 Å². The van der Waals surface area contributed by atoms with E-state index in [-0.39, 0.29) is 25.0 Å². The fraction of sp³-hybridized carbons (Fsp3) is 0.389. The molecule has 2 atom stereocenters. The molecule has 0 radical (unpaired) electrons. The van der Waals surface area contributed by atoms with E-state index in [1.165, 1.54) is 0 Å². The predicted octanol–water partition coefficient (Wildman–Crippen LogP) is 0.550. The monoisotopic (exact) mass is 355 g/mol. The first-order valence-electron chi connectivity index (χ1n) is 8.63. The summed E-state index contributed by atoms with van der Waals surface area (Å²) in [7, 11) is 1.93. The average Bonchev–Trinajstić information content (AvgIpc) is 3.26. The number of pyridine rings is 1. The van der Waals surface area contributed by atoms with Crippen LogP contribution in [0.5, 0.6) is 0 Å². The van der Waals surface area contributed by atoms with Gasteiger partial charge in [0.25, 0.3) is 5.91 Å². The first-order chi connectivity index (χ1) is 12.6. The number of rotatable bonds is 3. The maximum Gasteiger partial charge on any atom is 0.255 e. The Morgan fingerprint density at radius 1 is 1.31 bits per heavy atom. The molecule has 0 unspecified atom stereocenters. The zero-order valence-corrected chi connectivity index (χ0v) is 14.5. The molecule has 1 fully saturated rings. The lowest BCUT2D eigenvalue weighted by Gasteiger charge is -2.35. The zero-order chi connectivity index (χ0) is 18.3. The molecule has 1 saturated heterocycles. The third kappa shape index (κ3) is 2.77. The van der Waals surface area contributed by atoms with Gasteiger partial charge in [-0.2, -0.15) is 0 Å². The number of fused-ring (bicyclic) bond motifs is 1. The van der Waals surface area contributed by atoms with Crippen LogP contribution in [0, 0.1) is 5.92 Å². The summed E-state index contributed by atoms with van der Waals surface area (Å²) in [5.41, 5.74) is 2.08. The van der Waals surface area contributed by atoms with Gasteiger partial charge in [0.1, 0.15) is 0 Å². The van der Waals surface area contributed by atoms with Crippen LogP contribution in [0.1, 0.15) is 16.8 Å². The second-order valence-corrected chi connectivity index (χ2v) is 6.72. The van der Waals surface area contributed by atoms with E-state index in [4.69, 9.17) is 0 Å². The van der Waals surface area contributed by atoms with E-state index < -0.39 is 6.10 Å². The van der Waals surface area contributed by atoms with Gasteiger partial charge in [0, 0.05) is 45.1 Å². The normalized spacial score (nSPS) is 20.7. The van der Waals surface area contributed by atoms with Crippen LogP contribution in [-0.4, -0.2) is 66.0 Å². The minimum Gasteiger partial charge on any atom is -0.396 e. The van der Waals surface area contributed by atoms with Crippen LogP contribution in [0.25, 0.3) is 17.2 Å². The van der Waals surface area contributed by atoms with E-state index in [1.807, 2.05) is 29.9 Å². The molecular formula is C18H21N5O3. The Morgan fingerprint density at radius 2 is 2.15 bits per heavy atom. The lowest BCUT2D eigenvalue weighted by molar-refractivity contribution is 0.000858. The second-order valence-electron chi connectivity index (χ2n) is 6.72. The number of carbonyl (C=O) groups excluding carboxylic acids is 1. The number of aliphatic hydroxyl groups is 2. The maximum atomic E-state index is 12.9. The van der Waals surface area contributed by atoms with E-state index in [0.29, 0.717) is 30.0 Å². The SMILES string of the molecule is Cn1cccc1-c1nnc2ccc(C(=O)N3CC[C@H](CO)[C@@H](O)C3)cn12. The highest BCUT2D eigenvalue weighted by atomic mass is 16.3. The Balaban J connectivity index is 1.65. The number of β-amino-alcohol motifs (C(OH)–C–C–N with tert-alkyl or cyclic N) is 1. The number of aromatic nitrogens is 4. The van der Waals surface area contributed by atoms with Crippen LogP contribution in [0.3, 0.4) is 0 Å². The van der Waals surface area contributed by atoms with Crippen molar-refractivity contribution in [3.05, 3.63) is 42.2 Å². The summed E-state index contributed by atoms with van der Waals surface area (Å²) >= 11 is 0. The maximum absolute atomic E-state index is 12.9. The highest BCUT2D eigenvalue weighted by Crippen LogP contribution is 2.22. The molecule has 0 aromatic carbocycles. The average molecular weight is 355 g/mol. The van der Waals surface area contributed by atoms with E-state index in [9.17, 15) is 15.0 Å². The summed E-state index contributed by atoms with van der Waals surface area (Å²) in [6.07, 6.45) is 3.56. The highest BCUT2D eigenvalue weighted by molar-refractivity contribution is 5.94. The van der Waals surface area contributed by atoms with Crippen molar-refractivity contribution in [2.45, 2.75) is 12.5 Å². The molecule has 1 aliphatic heterocycles. The number of hydrogen-bond donors (Lipinski definition) is 2. The standard InChI is InChI=1S/C18H21N5O3/c1-21-7-2-3-14(21)17-20-19-16-5-4-12(9-23(16)17)18(26)22-8-6-13(11-24)15(25)10-22/h2-5,7,9,13,15,24-25H,6,8,10-11H2,1H3/t13-,15+/m1/s1. The lowest BCUT2D eigenvalue weighted by atomic mass is 9.94. The lowest BCUT2D eigenvalue weighted by Crippen LogP contribution is -2.47. The number of hydrogen-bond acceptors (Lipinski definition) is 5. The number of likely N-dealkylation sites (tertiary alicyclic amines) is 1. The van der Waals surface area contributed by atoms with Gasteiger partial charge in [0.15, 0.2) is 11.5 Å². The Morgan fingerprint density at radius 3 is 2.85 bits per heavy atom. The molecule has 1 aliphatic rings. The van der Waals surface area contributed by atoms with Crippen LogP contribution in [0.4, 0.5) is 0 Å². The third-order valence-corrected chi connectivity index (χ3v) is 5.07. The Kier molecular flexibility index (Phi) is 4.21. The number of nitrogens with zero attached hydrogens (tertiary/aromatic N) is 5. The molecule has 8 heteroatoms. The first kappa shape index (κ1) is 16.7. The number of amides is 1. The van der Waals surface area contributed by atoms with Gasteiger partial charge >= 0.3 is 0 Å². The van der Waals surface area contributed by atoms with Gasteiger partial charge in [-0.05, 0) is 30.7 Å². The van der Waals surface area contributed by atoms with Crippen LogP contribution in [-0.2, 0) is 7.05 Å². The van der Waals surface area contributed by atoms with Crippen LogP contribution < -0.4 is 0 Å². The molecule has 0 saturated carbocycles. The molecular weight excluding hydrogens is 334 g/mol. The zero-order valence-electron chi connectivity index (χ0n) is 14.5. The Bertz CT molecular complexity index is 947. The Labute approximate surface area is 150 Å². The van der Waals surface area contributed by atoms with Gasteiger partial charge in [0.05, 0.1) is 17.4 Å². The molecule has 0 bridgehead atoms. The third-order valence-electron chi connectivity index (χ3n) is 5.07. The van der Waals surface area contributed by atoms with Crippen molar-refractivity contribution in [3.63, 3.8) is 0 Å². The summed E-state index contributed by atoms with van der Waals surface area (Å²) in [5.74, 6) is 0.360. The molecule has 4 rings (SSSR count). The molecule has 3 aromatic heterocycles. The van der Waals surface area contributed by atoms with Gasteiger partial charge in [-0.15, -0.1) is 10.2 Å². The quantitative estimate of drug-likeness (QED) is 0.715. The van der Waals surface area contributed by atoms with Gasteiger partial charge in [-0.3, -0.25) is 9.20 Å². The molecule has 1 amide bonds. The van der Waals surface area contributed by atoms with Crippen molar-refractivity contribution in [2.24, 2.45) is 13.0 Å². The summed E-state index contributed by atoms with van der Waals surface area (Å²) in [5, 5.41) is 27.8. The van der Waals surface area contributed by atoms with Gasteiger partial charge in [-0.25, -0.2) is 0 Å². The summed E-state index contributed by atoms with van der Waals surface area (Å²) in [6, 6.07) is 7.37. The van der Waals surface area contributed by atoms with E-state index in [0.717, 1.165) is 5.69 Å². The first-order valence-corrected chi connectivity index (χ1v) is 8.63. The van der Waals surface area contributed by atoms with Crippen molar-refractivity contribution in [1.82, 2.24) is 24.1 Å². The van der Waals surface area contributed by atoms with Crippen molar-refractivity contribution in [1.29, 1.82) is 0 Å².